The normalized spacial score (nSPS) is 34.9. The average molecular weight is 371 g/mol. The van der Waals surface area contributed by atoms with Gasteiger partial charge < -0.3 is 15.0 Å². The van der Waals surface area contributed by atoms with Crippen LogP contribution < -0.4 is 10.1 Å². The van der Waals surface area contributed by atoms with Gasteiger partial charge in [-0.2, -0.15) is 0 Å². The quantitative estimate of drug-likeness (QED) is 0.748. The molecule has 3 aliphatic rings. The molecule has 0 saturated heterocycles. The van der Waals surface area contributed by atoms with Gasteiger partial charge in [0.1, 0.15) is 5.75 Å². The number of hydrogen-bond acceptors (Lipinski definition) is 3. The maximum Gasteiger partial charge on any atom is 0.119 e. The predicted octanol–water partition coefficient (Wildman–Crippen LogP) is 4.46. The van der Waals surface area contributed by atoms with Crippen LogP contribution in [0.4, 0.5) is 0 Å². The van der Waals surface area contributed by atoms with Gasteiger partial charge in [0, 0.05) is 6.04 Å². The minimum atomic E-state index is 0.503. The van der Waals surface area contributed by atoms with Crippen molar-refractivity contribution in [3.8, 4) is 5.75 Å². The summed E-state index contributed by atoms with van der Waals surface area (Å²) in [6, 6.07) is 7.57. The Balaban J connectivity index is 1.45. The van der Waals surface area contributed by atoms with Crippen molar-refractivity contribution in [2.45, 2.75) is 63.8 Å². The highest BCUT2D eigenvalue weighted by molar-refractivity contribution is 5.40. The van der Waals surface area contributed by atoms with E-state index in [4.69, 9.17) is 4.74 Å². The van der Waals surface area contributed by atoms with Crippen molar-refractivity contribution in [3.63, 3.8) is 0 Å². The molecule has 0 aromatic heterocycles. The second-order valence-electron chi connectivity index (χ2n) is 9.77. The molecule has 150 valence electrons. The molecule has 2 saturated carbocycles. The van der Waals surface area contributed by atoms with Gasteiger partial charge in [0.2, 0.25) is 0 Å². The van der Waals surface area contributed by atoms with Gasteiger partial charge in [-0.25, -0.2) is 0 Å². The van der Waals surface area contributed by atoms with E-state index in [9.17, 15) is 0 Å². The van der Waals surface area contributed by atoms with Crippen LogP contribution in [0.2, 0.25) is 0 Å². The summed E-state index contributed by atoms with van der Waals surface area (Å²) in [4.78, 5) is 2.29. The van der Waals surface area contributed by atoms with Crippen LogP contribution in [-0.4, -0.2) is 45.2 Å². The molecule has 2 fully saturated rings. The van der Waals surface area contributed by atoms with Crippen LogP contribution in [0.15, 0.2) is 18.2 Å². The van der Waals surface area contributed by atoms with E-state index in [-0.39, 0.29) is 0 Å². The van der Waals surface area contributed by atoms with Gasteiger partial charge in [0.15, 0.2) is 0 Å². The van der Waals surface area contributed by atoms with Crippen molar-refractivity contribution in [1.29, 1.82) is 0 Å². The fraction of sp³-hybridized carbons (Fsp3) is 0.750. The molecular formula is C24H38N2O. The third kappa shape index (κ3) is 3.53. The van der Waals surface area contributed by atoms with Gasteiger partial charge >= 0.3 is 0 Å². The first kappa shape index (κ1) is 19.3. The Morgan fingerprint density at radius 3 is 2.81 bits per heavy atom. The number of nitrogens with one attached hydrogen (secondary N) is 1. The third-order valence-electron chi connectivity index (χ3n) is 8.11. The van der Waals surface area contributed by atoms with Crippen molar-refractivity contribution in [2.75, 3.05) is 34.3 Å². The zero-order valence-corrected chi connectivity index (χ0v) is 17.8. The summed E-state index contributed by atoms with van der Waals surface area (Å²) in [7, 11) is 6.12. The summed E-state index contributed by atoms with van der Waals surface area (Å²) in [5.41, 5.74) is 3.69. The van der Waals surface area contributed by atoms with Gasteiger partial charge in [-0.15, -0.1) is 0 Å². The Bertz CT molecular complexity index is 658. The first-order valence-corrected chi connectivity index (χ1v) is 11.1. The fourth-order valence-electron chi connectivity index (χ4n) is 6.69. The zero-order chi connectivity index (χ0) is 19.0. The molecule has 1 N–H and O–H groups in total. The lowest BCUT2D eigenvalue weighted by Gasteiger charge is -2.51. The first-order valence-electron chi connectivity index (χ1n) is 11.1. The van der Waals surface area contributed by atoms with Crippen molar-refractivity contribution in [2.24, 2.45) is 17.3 Å². The summed E-state index contributed by atoms with van der Waals surface area (Å²) < 4.78 is 5.47. The topological polar surface area (TPSA) is 24.5 Å². The lowest BCUT2D eigenvalue weighted by Crippen LogP contribution is -2.49. The molecule has 0 radical (unpaired) electrons. The van der Waals surface area contributed by atoms with Crippen LogP contribution >= 0.6 is 0 Å². The van der Waals surface area contributed by atoms with Crippen LogP contribution in [0, 0.1) is 17.3 Å². The second-order valence-corrected chi connectivity index (χ2v) is 9.77. The number of nitrogens with zero attached hydrogens (tertiary/aromatic N) is 1. The Labute approximate surface area is 165 Å². The van der Waals surface area contributed by atoms with Gasteiger partial charge in [-0.1, -0.05) is 13.0 Å². The smallest absolute Gasteiger partial charge is 0.119 e. The van der Waals surface area contributed by atoms with Crippen LogP contribution in [0.25, 0.3) is 0 Å². The van der Waals surface area contributed by atoms with Gasteiger partial charge in [0.25, 0.3) is 0 Å². The molecule has 3 heteroatoms. The lowest BCUT2D eigenvalue weighted by molar-refractivity contribution is 0.0411. The Morgan fingerprint density at radius 1 is 1.19 bits per heavy atom. The molecule has 0 unspecified atom stereocenters. The molecule has 0 spiro atoms. The lowest BCUT2D eigenvalue weighted by atomic mass is 9.55. The third-order valence-corrected chi connectivity index (χ3v) is 8.11. The number of hydrogen-bond donors (Lipinski definition) is 1. The standard InChI is InChI=1S/C24H38N2O/c1-24-13-12-20-19-9-7-18(27-4)16-17(19)6-8-21(20)22(24)10-11-23(24)25-14-5-15-26(2)3/h7,9,16,20-23,25H,5-6,8,10-15H2,1-4H3/t20-,21-,22+,23+,24+/m1/s1. The van der Waals surface area contributed by atoms with Crippen LogP contribution in [0.3, 0.4) is 0 Å². The van der Waals surface area contributed by atoms with E-state index in [2.05, 4.69) is 49.4 Å². The van der Waals surface area contributed by atoms with Crippen LogP contribution in [-0.2, 0) is 6.42 Å². The molecule has 1 aromatic carbocycles. The SMILES string of the molecule is COc1ccc2c(c1)CC[C@@H]1[C@@H]2CC[C@]2(C)[C@@H](NCCCN(C)C)CC[C@@H]12. The molecular weight excluding hydrogens is 332 g/mol. The summed E-state index contributed by atoms with van der Waals surface area (Å²) in [6.45, 7) is 4.96. The second kappa shape index (κ2) is 7.75. The highest BCUT2D eigenvalue weighted by Gasteiger charge is 2.54. The van der Waals surface area contributed by atoms with Crippen molar-refractivity contribution < 1.29 is 4.74 Å². The first-order chi connectivity index (χ1) is 13.0. The molecule has 1 aromatic rings. The highest BCUT2D eigenvalue weighted by Crippen LogP contribution is 2.60. The Morgan fingerprint density at radius 2 is 2.04 bits per heavy atom. The molecule has 3 aliphatic carbocycles. The van der Waals surface area contributed by atoms with E-state index in [1.165, 1.54) is 58.0 Å². The average Bonchev–Trinajstić information content (AvgIpc) is 3.00. The molecule has 3 nitrogen and oxygen atoms in total. The molecule has 4 rings (SSSR count). The number of fused-ring (bicyclic) bond motifs is 5. The molecule has 5 atom stereocenters. The number of aryl methyl sites for hydroxylation is 1. The van der Waals surface area contributed by atoms with Crippen molar-refractivity contribution in [3.05, 3.63) is 29.3 Å². The predicted molar refractivity (Wildman–Crippen MR) is 113 cm³/mol. The summed E-state index contributed by atoms with van der Waals surface area (Å²) >= 11 is 0. The van der Waals surface area contributed by atoms with Gasteiger partial charge in [-0.05, 0) is 119 Å². The number of benzene rings is 1. The Hall–Kier alpha value is -1.06. The van der Waals surface area contributed by atoms with E-state index >= 15 is 0 Å². The minimum absolute atomic E-state index is 0.503. The molecule has 0 heterocycles. The van der Waals surface area contributed by atoms with E-state index in [1.807, 2.05) is 0 Å². The molecule has 0 aliphatic heterocycles. The minimum Gasteiger partial charge on any atom is -0.497 e. The van der Waals surface area contributed by atoms with Crippen molar-refractivity contribution in [1.82, 2.24) is 10.2 Å². The van der Waals surface area contributed by atoms with E-state index in [0.29, 0.717) is 5.41 Å². The summed E-state index contributed by atoms with van der Waals surface area (Å²) in [5, 5.41) is 3.96. The summed E-state index contributed by atoms with van der Waals surface area (Å²) in [5.74, 6) is 3.59. The highest BCUT2D eigenvalue weighted by atomic mass is 16.5. The number of ether oxygens (including phenoxy) is 1. The number of rotatable bonds is 6. The summed E-state index contributed by atoms with van der Waals surface area (Å²) in [6.07, 6.45) is 9.42. The zero-order valence-electron chi connectivity index (χ0n) is 17.8. The van der Waals surface area contributed by atoms with Gasteiger partial charge in [-0.3, -0.25) is 0 Å². The van der Waals surface area contributed by atoms with E-state index in [1.54, 1.807) is 18.2 Å². The molecule has 0 bridgehead atoms. The number of methoxy groups -OCH3 is 1. The van der Waals surface area contributed by atoms with E-state index in [0.717, 1.165) is 29.5 Å². The van der Waals surface area contributed by atoms with Crippen LogP contribution in [0.1, 0.15) is 62.5 Å². The van der Waals surface area contributed by atoms with Crippen molar-refractivity contribution >= 4 is 0 Å². The monoisotopic (exact) mass is 370 g/mol. The van der Waals surface area contributed by atoms with Gasteiger partial charge in [0.05, 0.1) is 7.11 Å². The van der Waals surface area contributed by atoms with E-state index < -0.39 is 0 Å². The molecule has 0 amide bonds. The molecule has 27 heavy (non-hydrogen) atoms. The Kier molecular flexibility index (Phi) is 5.53. The van der Waals surface area contributed by atoms with Crippen LogP contribution in [0.5, 0.6) is 5.75 Å². The fourth-order valence-corrected chi connectivity index (χ4v) is 6.69. The maximum atomic E-state index is 5.47. The maximum absolute atomic E-state index is 5.47. The largest absolute Gasteiger partial charge is 0.497 e.